The first kappa shape index (κ1) is 26.1. The highest BCUT2D eigenvalue weighted by molar-refractivity contribution is 6.30. The van der Waals surface area contributed by atoms with Gasteiger partial charge in [0.2, 0.25) is 11.9 Å². The summed E-state index contributed by atoms with van der Waals surface area (Å²) in [5.74, 6) is -1.90. The van der Waals surface area contributed by atoms with Gasteiger partial charge in [-0.3, -0.25) is 14.7 Å². The summed E-state index contributed by atoms with van der Waals surface area (Å²) in [6.07, 6.45) is 2.34. The van der Waals surface area contributed by atoms with E-state index in [0.29, 0.717) is 30.1 Å². The van der Waals surface area contributed by atoms with Crippen LogP contribution in [0.1, 0.15) is 37.7 Å². The zero-order chi connectivity index (χ0) is 26.0. The van der Waals surface area contributed by atoms with E-state index in [1.165, 1.54) is 5.56 Å². The predicted molar refractivity (Wildman–Crippen MR) is 137 cm³/mol. The molecule has 0 aliphatic carbocycles. The topological polar surface area (TPSA) is 104 Å². The van der Waals surface area contributed by atoms with E-state index in [0.717, 1.165) is 38.8 Å². The molecule has 12 heteroatoms. The third-order valence-electron chi connectivity index (χ3n) is 7.82. The van der Waals surface area contributed by atoms with E-state index in [1.807, 2.05) is 24.3 Å². The number of aromatic amines is 1. The van der Waals surface area contributed by atoms with E-state index in [9.17, 15) is 13.6 Å². The van der Waals surface area contributed by atoms with Gasteiger partial charge in [0.1, 0.15) is 6.10 Å². The Kier molecular flexibility index (Phi) is 7.83. The van der Waals surface area contributed by atoms with E-state index in [4.69, 9.17) is 22.1 Å². The number of carbonyl (C=O) groups is 1. The maximum Gasteiger partial charge on any atom is 0.253 e. The van der Waals surface area contributed by atoms with Crippen molar-refractivity contribution < 1.29 is 18.3 Å². The Labute approximate surface area is 220 Å². The predicted octanol–water partition coefficient (Wildman–Crippen LogP) is 2.97. The van der Waals surface area contributed by atoms with Crippen molar-refractivity contribution in [1.29, 1.82) is 0 Å². The minimum absolute atomic E-state index is 0.0738. The Morgan fingerprint density at radius 3 is 2.49 bits per heavy atom. The molecule has 0 unspecified atom stereocenters. The van der Waals surface area contributed by atoms with Crippen LogP contribution in [-0.2, 0) is 16.0 Å². The number of aryl methyl sites for hydroxylation is 1. The number of nitrogen functional groups attached to an aromatic ring is 1. The van der Waals surface area contributed by atoms with Crippen molar-refractivity contribution in [2.75, 3.05) is 50.0 Å². The lowest BCUT2D eigenvalue weighted by Gasteiger charge is -2.47. The molecule has 3 saturated heterocycles. The molecule has 1 aromatic carbocycles. The van der Waals surface area contributed by atoms with Gasteiger partial charge in [0.15, 0.2) is 0 Å². The number of ether oxygens (including phenoxy) is 1. The molecule has 3 N–H and O–H groups in total. The zero-order valence-corrected chi connectivity index (χ0v) is 21.5. The molecule has 202 valence electrons. The Morgan fingerprint density at radius 2 is 1.84 bits per heavy atom. The Hall–Kier alpha value is -2.50. The summed E-state index contributed by atoms with van der Waals surface area (Å²) in [6.45, 7) is 2.64. The molecule has 2 aromatic rings. The molecule has 9 nitrogen and oxygen atoms in total. The van der Waals surface area contributed by atoms with Crippen LogP contribution < -0.4 is 10.6 Å². The van der Waals surface area contributed by atoms with Crippen LogP contribution in [-0.4, -0.2) is 94.3 Å². The largest absolute Gasteiger partial charge is 0.368 e. The molecule has 0 spiro atoms. The number of halogens is 3. The summed E-state index contributed by atoms with van der Waals surface area (Å²) < 4.78 is 33.4. The quantitative estimate of drug-likeness (QED) is 0.584. The standard InChI is InChI=1S/C25H34ClF2N7O2/c26-18-4-1-17(2-5-18)3-6-20-16-37-21(22(36)33-13-9-25(27,28)10-14-33)15-35(20)19-7-11-34(12-8-19)24-30-23(29)31-32-24/h1-2,4-5,19-21H,3,6-16H2,(H3,29,30,31,32)/t20-,21+/m0/s1. The number of piperidine rings is 2. The SMILES string of the molecule is Nc1nnc(N2CCC(N3C[C@H](C(=O)N4CCC(F)(F)CC4)OC[C@@H]3CCc3ccc(Cl)cc3)CC2)[nH]1. The van der Waals surface area contributed by atoms with E-state index in [-0.39, 0.29) is 43.9 Å². The first-order valence-electron chi connectivity index (χ1n) is 13.0. The number of nitrogens with zero attached hydrogens (tertiary/aromatic N) is 5. The number of carbonyl (C=O) groups excluding carboxylic acids is 1. The fraction of sp³-hybridized carbons (Fsp3) is 0.640. The van der Waals surface area contributed by atoms with E-state index >= 15 is 0 Å². The van der Waals surface area contributed by atoms with Gasteiger partial charge in [-0.1, -0.05) is 23.7 Å². The minimum Gasteiger partial charge on any atom is -0.368 e. The van der Waals surface area contributed by atoms with Gasteiger partial charge in [-0.15, -0.1) is 10.2 Å². The van der Waals surface area contributed by atoms with Gasteiger partial charge in [-0.2, -0.15) is 0 Å². The van der Waals surface area contributed by atoms with Gasteiger partial charge in [0.25, 0.3) is 11.8 Å². The van der Waals surface area contributed by atoms with Crippen LogP contribution in [0.3, 0.4) is 0 Å². The molecule has 3 fully saturated rings. The van der Waals surface area contributed by atoms with Crippen LogP contribution in [0.2, 0.25) is 5.02 Å². The average Bonchev–Trinajstić information content (AvgIpc) is 3.34. The fourth-order valence-electron chi connectivity index (χ4n) is 5.62. The summed E-state index contributed by atoms with van der Waals surface area (Å²) in [5, 5.41) is 8.68. The summed E-state index contributed by atoms with van der Waals surface area (Å²) in [7, 11) is 0. The lowest BCUT2D eigenvalue weighted by Crippen LogP contribution is -2.60. The number of aromatic nitrogens is 3. The second-order valence-electron chi connectivity index (χ2n) is 10.3. The Bertz CT molecular complexity index is 1050. The summed E-state index contributed by atoms with van der Waals surface area (Å²) in [5.41, 5.74) is 6.90. The summed E-state index contributed by atoms with van der Waals surface area (Å²) >= 11 is 6.04. The summed E-state index contributed by atoms with van der Waals surface area (Å²) in [6, 6.07) is 8.30. The second-order valence-corrected chi connectivity index (χ2v) is 10.7. The summed E-state index contributed by atoms with van der Waals surface area (Å²) in [4.78, 5) is 22.3. The minimum atomic E-state index is -2.69. The Balaban J connectivity index is 1.25. The van der Waals surface area contributed by atoms with Crippen molar-refractivity contribution in [1.82, 2.24) is 25.0 Å². The number of hydrogen-bond acceptors (Lipinski definition) is 7. The molecule has 37 heavy (non-hydrogen) atoms. The molecular formula is C25H34ClF2N7O2. The average molecular weight is 538 g/mol. The maximum absolute atomic E-state index is 13.6. The lowest BCUT2D eigenvalue weighted by atomic mass is 9.96. The van der Waals surface area contributed by atoms with Crippen molar-refractivity contribution in [3.63, 3.8) is 0 Å². The monoisotopic (exact) mass is 537 g/mol. The number of alkyl halides is 2. The van der Waals surface area contributed by atoms with E-state index in [1.54, 1.807) is 4.90 Å². The molecule has 4 heterocycles. The normalized spacial score (nSPS) is 25.4. The van der Waals surface area contributed by atoms with Gasteiger partial charge in [0.05, 0.1) is 6.61 Å². The fourth-order valence-corrected chi connectivity index (χ4v) is 5.75. The van der Waals surface area contributed by atoms with Crippen molar-refractivity contribution in [3.8, 4) is 0 Å². The number of hydrogen-bond donors (Lipinski definition) is 2. The maximum atomic E-state index is 13.6. The number of amides is 1. The van der Waals surface area contributed by atoms with Crippen molar-refractivity contribution >= 4 is 29.4 Å². The molecular weight excluding hydrogens is 504 g/mol. The molecule has 3 aliphatic heterocycles. The molecule has 1 amide bonds. The molecule has 5 rings (SSSR count). The van der Waals surface area contributed by atoms with Crippen molar-refractivity contribution in [3.05, 3.63) is 34.9 Å². The number of benzene rings is 1. The molecule has 1 aromatic heterocycles. The van der Waals surface area contributed by atoms with Gasteiger partial charge < -0.3 is 20.3 Å². The molecule has 0 radical (unpaired) electrons. The third-order valence-corrected chi connectivity index (χ3v) is 8.07. The smallest absolute Gasteiger partial charge is 0.253 e. The number of likely N-dealkylation sites (tertiary alicyclic amines) is 1. The number of anilines is 2. The van der Waals surface area contributed by atoms with Crippen LogP contribution in [0.15, 0.2) is 24.3 Å². The van der Waals surface area contributed by atoms with E-state index < -0.39 is 12.0 Å². The molecule has 2 atom stereocenters. The van der Waals surface area contributed by atoms with Gasteiger partial charge in [0, 0.05) is 62.7 Å². The van der Waals surface area contributed by atoms with Gasteiger partial charge in [-0.25, -0.2) is 8.78 Å². The highest BCUT2D eigenvalue weighted by Gasteiger charge is 2.42. The molecule has 3 aliphatic rings. The number of nitrogens with one attached hydrogen (secondary N) is 1. The second kappa shape index (κ2) is 11.1. The highest BCUT2D eigenvalue weighted by Crippen LogP contribution is 2.30. The Morgan fingerprint density at radius 1 is 1.14 bits per heavy atom. The number of morpholine rings is 1. The van der Waals surface area contributed by atoms with Gasteiger partial charge in [-0.05, 0) is 43.4 Å². The first-order valence-corrected chi connectivity index (χ1v) is 13.4. The highest BCUT2D eigenvalue weighted by atomic mass is 35.5. The lowest BCUT2D eigenvalue weighted by molar-refractivity contribution is -0.160. The number of nitrogens with two attached hydrogens (primary N) is 1. The third kappa shape index (κ3) is 6.32. The first-order chi connectivity index (χ1) is 17.8. The van der Waals surface area contributed by atoms with E-state index in [2.05, 4.69) is 25.0 Å². The van der Waals surface area contributed by atoms with Crippen LogP contribution in [0.4, 0.5) is 20.7 Å². The molecule has 0 saturated carbocycles. The molecule has 0 bridgehead atoms. The van der Waals surface area contributed by atoms with Crippen LogP contribution >= 0.6 is 11.6 Å². The van der Waals surface area contributed by atoms with Crippen LogP contribution in [0, 0.1) is 0 Å². The number of rotatable bonds is 6. The van der Waals surface area contributed by atoms with Crippen molar-refractivity contribution in [2.24, 2.45) is 0 Å². The zero-order valence-electron chi connectivity index (χ0n) is 20.8. The number of H-pyrrole nitrogens is 1. The van der Waals surface area contributed by atoms with Crippen LogP contribution in [0.25, 0.3) is 0 Å². The van der Waals surface area contributed by atoms with Gasteiger partial charge >= 0.3 is 0 Å². The van der Waals surface area contributed by atoms with Crippen LogP contribution in [0.5, 0.6) is 0 Å². The van der Waals surface area contributed by atoms with Crippen molar-refractivity contribution in [2.45, 2.75) is 62.6 Å².